The minimum atomic E-state index is -0.673. The average Bonchev–Trinajstić information content (AvgIpc) is 2.43. The van der Waals surface area contributed by atoms with Gasteiger partial charge in [0, 0.05) is 13.2 Å². The van der Waals surface area contributed by atoms with Gasteiger partial charge in [0.15, 0.2) is 0 Å². The van der Waals surface area contributed by atoms with Crippen molar-refractivity contribution >= 4 is 0 Å². The Balaban J connectivity index is 2.33. The van der Waals surface area contributed by atoms with Gasteiger partial charge in [0.05, 0.1) is 19.3 Å². The molecule has 0 spiro atoms. The van der Waals surface area contributed by atoms with E-state index in [4.69, 9.17) is 19.9 Å². The molecule has 0 fully saturated rings. The summed E-state index contributed by atoms with van der Waals surface area (Å²) in [5.74, 6) is 0.698. The van der Waals surface area contributed by atoms with E-state index >= 15 is 0 Å². The largest absolute Gasteiger partial charge is 0.491 e. The number of nitrogens with two attached hydrogens (primary N) is 1. The minimum Gasteiger partial charge on any atom is -0.491 e. The van der Waals surface area contributed by atoms with Crippen molar-refractivity contribution in [1.29, 1.82) is 0 Å². The van der Waals surface area contributed by atoms with Crippen LogP contribution in [-0.4, -0.2) is 44.2 Å². The van der Waals surface area contributed by atoms with Gasteiger partial charge in [-0.05, 0) is 31.5 Å². The number of aliphatic hydroxyl groups is 1. The predicted octanol–water partition coefficient (Wildman–Crippen LogP) is 1.50. The van der Waals surface area contributed by atoms with E-state index in [1.54, 1.807) is 7.11 Å². The van der Waals surface area contributed by atoms with Crippen LogP contribution in [0.5, 0.6) is 5.75 Å². The average molecular weight is 283 g/mol. The highest BCUT2D eigenvalue weighted by atomic mass is 16.5. The number of rotatable bonds is 9. The Labute approximate surface area is 120 Å². The molecule has 0 aliphatic rings. The molecule has 0 bridgehead atoms. The molecule has 0 saturated carbocycles. The molecule has 1 aromatic carbocycles. The van der Waals surface area contributed by atoms with Crippen LogP contribution in [-0.2, 0) is 9.47 Å². The van der Waals surface area contributed by atoms with E-state index in [-0.39, 0.29) is 25.4 Å². The van der Waals surface area contributed by atoms with Crippen molar-refractivity contribution in [2.45, 2.75) is 32.1 Å². The molecule has 0 aliphatic carbocycles. The second kappa shape index (κ2) is 8.92. The lowest BCUT2D eigenvalue weighted by Crippen LogP contribution is -2.27. The topological polar surface area (TPSA) is 73.9 Å². The summed E-state index contributed by atoms with van der Waals surface area (Å²) in [5, 5.41) is 9.79. The molecular formula is C15H25NO4. The van der Waals surface area contributed by atoms with Gasteiger partial charge in [0.25, 0.3) is 0 Å². The van der Waals surface area contributed by atoms with Crippen LogP contribution in [0.25, 0.3) is 0 Å². The lowest BCUT2D eigenvalue weighted by Gasteiger charge is -2.17. The molecular weight excluding hydrogens is 258 g/mol. The molecule has 114 valence electrons. The van der Waals surface area contributed by atoms with Gasteiger partial charge in [-0.1, -0.05) is 12.1 Å². The summed E-state index contributed by atoms with van der Waals surface area (Å²) in [6, 6.07) is 7.52. The number of hydrogen-bond donors (Lipinski definition) is 2. The summed E-state index contributed by atoms with van der Waals surface area (Å²) in [7, 11) is 1.62. The quantitative estimate of drug-likeness (QED) is 0.718. The van der Waals surface area contributed by atoms with Crippen LogP contribution in [0.2, 0.25) is 0 Å². The summed E-state index contributed by atoms with van der Waals surface area (Å²) in [6.45, 7) is 4.71. The zero-order valence-corrected chi connectivity index (χ0v) is 12.4. The van der Waals surface area contributed by atoms with Crippen LogP contribution < -0.4 is 10.5 Å². The van der Waals surface area contributed by atoms with Gasteiger partial charge in [0.1, 0.15) is 18.5 Å². The van der Waals surface area contributed by atoms with Crippen molar-refractivity contribution in [3.63, 3.8) is 0 Å². The number of hydrogen-bond acceptors (Lipinski definition) is 5. The highest BCUT2D eigenvalue weighted by molar-refractivity contribution is 5.30. The number of benzene rings is 1. The summed E-state index contributed by atoms with van der Waals surface area (Å²) in [5.41, 5.74) is 6.81. The van der Waals surface area contributed by atoms with Crippen LogP contribution >= 0.6 is 0 Å². The Morgan fingerprint density at radius 2 is 1.95 bits per heavy atom. The SMILES string of the molecule is COCC(C)OCC(O)COc1cccc(C(C)N)c1. The van der Waals surface area contributed by atoms with Gasteiger partial charge in [-0.15, -0.1) is 0 Å². The second-order valence-corrected chi connectivity index (χ2v) is 4.93. The molecule has 0 radical (unpaired) electrons. The molecule has 0 saturated heterocycles. The lowest BCUT2D eigenvalue weighted by molar-refractivity contribution is -0.0423. The Kier molecular flexibility index (Phi) is 7.54. The van der Waals surface area contributed by atoms with Gasteiger partial charge in [-0.25, -0.2) is 0 Å². The zero-order chi connectivity index (χ0) is 15.0. The Hall–Kier alpha value is -1.14. The van der Waals surface area contributed by atoms with E-state index in [1.165, 1.54) is 0 Å². The maximum atomic E-state index is 9.79. The lowest BCUT2D eigenvalue weighted by atomic mass is 10.1. The predicted molar refractivity (Wildman–Crippen MR) is 77.8 cm³/mol. The van der Waals surface area contributed by atoms with Gasteiger partial charge in [-0.3, -0.25) is 0 Å². The van der Waals surface area contributed by atoms with Crippen molar-refractivity contribution in [3.8, 4) is 5.75 Å². The maximum absolute atomic E-state index is 9.79. The number of ether oxygens (including phenoxy) is 3. The van der Waals surface area contributed by atoms with E-state index < -0.39 is 6.10 Å². The molecule has 1 aromatic rings. The summed E-state index contributed by atoms with van der Waals surface area (Å²) >= 11 is 0. The first-order valence-corrected chi connectivity index (χ1v) is 6.80. The third kappa shape index (κ3) is 6.34. The molecule has 1 rings (SSSR count). The van der Waals surface area contributed by atoms with Crippen molar-refractivity contribution in [2.75, 3.05) is 26.9 Å². The third-order valence-electron chi connectivity index (χ3n) is 2.80. The normalized spacial score (nSPS) is 15.7. The first-order chi connectivity index (χ1) is 9.52. The van der Waals surface area contributed by atoms with Crippen molar-refractivity contribution in [3.05, 3.63) is 29.8 Å². The number of methoxy groups -OCH3 is 1. The molecule has 0 aliphatic heterocycles. The van der Waals surface area contributed by atoms with Crippen molar-refractivity contribution < 1.29 is 19.3 Å². The fourth-order valence-electron chi connectivity index (χ4n) is 1.69. The Bertz CT molecular complexity index is 384. The van der Waals surface area contributed by atoms with Gasteiger partial charge in [-0.2, -0.15) is 0 Å². The Morgan fingerprint density at radius 3 is 2.60 bits per heavy atom. The van der Waals surface area contributed by atoms with Crippen LogP contribution in [0.1, 0.15) is 25.5 Å². The van der Waals surface area contributed by atoms with Crippen molar-refractivity contribution in [1.82, 2.24) is 0 Å². The van der Waals surface area contributed by atoms with Gasteiger partial charge >= 0.3 is 0 Å². The molecule has 0 heterocycles. The van der Waals surface area contributed by atoms with E-state index in [9.17, 15) is 5.11 Å². The molecule has 3 N–H and O–H groups in total. The van der Waals surface area contributed by atoms with Crippen molar-refractivity contribution in [2.24, 2.45) is 5.73 Å². The third-order valence-corrected chi connectivity index (χ3v) is 2.80. The fraction of sp³-hybridized carbons (Fsp3) is 0.600. The smallest absolute Gasteiger partial charge is 0.119 e. The molecule has 5 heteroatoms. The van der Waals surface area contributed by atoms with E-state index in [2.05, 4.69) is 0 Å². The Morgan fingerprint density at radius 1 is 1.20 bits per heavy atom. The molecule has 5 nitrogen and oxygen atoms in total. The first kappa shape index (κ1) is 16.9. The monoisotopic (exact) mass is 283 g/mol. The van der Waals surface area contributed by atoms with Crippen LogP contribution in [0.15, 0.2) is 24.3 Å². The zero-order valence-electron chi connectivity index (χ0n) is 12.4. The standard InChI is InChI=1S/C15H25NO4/c1-11(8-18-3)19-9-14(17)10-20-15-6-4-5-13(7-15)12(2)16/h4-7,11-12,14,17H,8-10,16H2,1-3H3. The maximum Gasteiger partial charge on any atom is 0.119 e. The second-order valence-electron chi connectivity index (χ2n) is 4.93. The molecule has 0 amide bonds. The van der Waals surface area contributed by atoms with Crippen LogP contribution in [0.4, 0.5) is 0 Å². The van der Waals surface area contributed by atoms with Crippen LogP contribution in [0.3, 0.4) is 0 Å². The van der Waals surface area contributed by atoms with Gasteiger partial charge in [0.2, 0.25) is 0 Å². The number of aliphatic hydroxyl groups excluding tert-OH is 1. The van der Waals surface area contributed by atoms with E-state index in [0.29, 0.717) is 12.4 Å². The van der Waals surface area contributed by atoms with E-state index in [0.717, 1.165) is 5.56 Å². The summed E-state index contributed by atoms with van der Waals surface area (Å²) in [4.78, 5) is 0. The van der Waals surface area contributed by atoms with Gasteiger partial charge < -0.3 is 25.1 Å². The molecule has 3 atom stereocenters. The summed E-state index contributed by atoms with van der Waals surface area (Å²) < 4.78 is 15.9. The highest BCUT2D eigenvalue weighted by Gasteiger charge is 2.09. The minimum absolute atomic E-state index is 0.0401. The van der Waals surface area contributed by atoms with Crippen LogP contribution in [0, 0.1) is 0 Å². The molecule has 20 heavy (non-hydrogen) atoms. The summed E-state index contributed by atoms with van der Waals surface area (Å²) in [6.07, 6.45) is -0.718. The fourth-order valence-corrected chi connectivity index (χ4v) is 1.69. The highest BCUT2D eigenvalue weighted by Crippen LogP contribution is 2.17. The molecule has 0 aromatic heterocycles. The van der Waals surface area contributed by atoms with E-state index in [1.807, 2.05) is 38.1 Å². The first-order valence-electron chi connectivity index (χ1n) is 6.80. The molecule has 3 unspecified atom stereocenters.